The van der Waals surface area contributed by atoms with Crippen molar-refractivity contribution in [3.8, 4) is 0 Å². The second-order valence-corrected chi connectivity index (χ2v) is 6.74. The van der Waals surface area contributed by atoms with Crippen LogP contribution in [-0.4, -0.2) is 11.7 Å². The Morgan fingerprint density at radius 2 is 1.91 bits per heavy atom. The van der Waals surface area contributed by atoms with Crippen LogP contribution in [0.25, 0.3) is 0 Å². The number of nitrogens with one attached hydrogen (secondary N) is 1. The normalized spacial score (nSPS) is 10.5. The van der Waals surface area contributed by atoms with E-state index >= 15 is 0 Å². The van der Waals surface area contributed by atoms with Crippen LogP contribution in [-0.2, 0) is 17.1 Å². The summed E-state index contributed by atoms with van der Waals surface area (Å²) in [6, 6.07) is 13.6. The summed E-state index contributed by atoms with van der Waals surface area (Å²) in [6.07, 6.45) is 0. The van der Waals surface area contributed by atoms with E-state index in [1.54, 1.807) is 17.8 Å². The molecule has 0 bridgehead atoms. The standard InChI is InChI=1S/C17H17Cl2NOS/c1-12-4-2-3-5-14(12)9-20-17(21)11-22-10-13-6-7-15(18)16(19)8-13/h2-8H,9-11H2,1H3,(H,20,21). The second-order valence-electron chi connectivity index (χ2n) is 4.94. The first kappa shape index (κ1) is 17.2. The minimum Gasteiger partial charge on any atom is -0.351 e. The Morgan fingerprint density at radius 1 is 1.14 bits per heavy atom. The summed E-state index contributed by atoms with van der Waals surface area (Å²) in [6.45, 7) is 2.61. The molecule has 116 valence electrons. The van der Waals surface area contributed by atoms with Gasteiger partial charge in [-0.25, -0.2) is 0 Å². The first-order valence-electron chi connectivity index (χ1n) is 6.89. The summed E-state index contributed by atoms with van der Waals surface area (Å²) in [5, 5.41) is 4.03. The molecule has 22 heavy (non-hydrogen) atoms. The summed E-state index contributed by atoms with van der Waals surface area (Å²) < 4.78 is 0. The Kier molecular flexibility index (Phi) is 6.62. The molecule has 5 heteroatoms. The Labute approximate surface area is 145 Å². The van der Waals surface area contributed by atoms with E-state index in [1.807, 2.05) is 43.3 Å². The number of amides is 1. The van der Waals surface area contributed by atoms with E-state index in [1.165, 1.54) is 5.56 Å². The Morgan fingerprint density at radius 3 is 2.64 bits per heavy atom. The molecular weight excluding hydrogens is 337 g/mol. The largest absolute Gasteiger partial charge is 0.351 e. The SMILES string of the molecule is Cc1ccccc1CNC(=O)CSCc1ccc(Cl)c(Cl)c1. The maximum absolute atomic E-state index is 11.9. The molecule has 0 spiro atoms. The summed E-state index contributed by atoms with van der Waals surface area (Å²) in [5.74, 6) is 1.19. The Balaban J connectivity index is 1.74. The minimum atomic E-state index is 0.0355. The molecule has 0 aliphatic carbocycles. The lowest BCUT2D eigenvalue weighted by Gasteiger charge is -2.08. The van der Waals surface area contributed by atoms with Crippen LogP contribution < -0.4 is 5.32 Å². The van der Waals surface area contributed by atoms with Crippen LogP contribution in [0.3, 0.4) is 0 Å². The molecule has 2 aromatic carbocycles. The van der Waals surface area contributed by atoms with E-state index in [4.69, 9.17) is 23.2 Å². The van der Waals surface area contributed by atoms with Crippen molar-refractivity contribution in [1.29, 1.82) is 0 Å². The average Bonchev–Trinajstić information content (AvgIpc) is 2.50. The highest BCUT2D eigenvalue weighted by Crippen LogP contribution is 2.24. The maximum atomic E-state index is 11.9. The van der Waals surface area contributed by atoms with E-state index in [9.17, 15) is 4.79 Å². The Bertz CT molecular complexity index is 661. The summed E-state index contributed by atoms with van der Waals surface area (Å²) in [4.78, 5) is 11.9. The number of benzene rings is 2. The van der Waals surface area contributed by atoms with Crippen molar-refractivity contribution in [2.24, 2.45) is 0 Å². The van der Waals surface area contributed by atoms with Crippen LogP contribution in [0.15, 0.2) is 42.5 Å². The van der Waals surface area contributed by atoms with Gasteiger partial charge in [-0.3, -0.25) is 4.79 Å². The maximum Gasteiger partial charge on any atom is 0.230 e. The Hall–Kier alpha value is -1.16. The van der Waals surface area contributed by atoms with Gasteiger partial charge in [-0.05, 0) is 35.7 Å². The lowest BCUT2D eigenvalue weighted by atomic mass is 10.1. The van der Waals surface area contributed by atoms with Crippen LogP contribution in [0.2, 0.25) is 10.0 Å². The topological polar surface area (TPSA) is 29.1 Å². The fourth-order valence-corrected chi connectivity index (χ4v) is 3.07. The molecule has 2 nitrogen and oxygen atoms in total. The lowest BCUT2D eigenvalue weighted by Crippen LogP contribution is -2.24. The second kappa shape index (κ2) is 8.47. The summed E-state index contributed by atoms with van der Waals surface area (Å²) >= 11 is 13.4. The minimum absolute atomic E-state index is 0.0355. The zero-order chi connectivity index (χ0) is 15.9. The third kappa shape index (κ3) is 5.24. The summed E-state index contributed by atoms with van der Waals surface area (Å²) in [7, 11) is 0. The average molecular weight is 354 g/mol. The van der Waals surface area contributed by atoms with Gasteiger partial charge < -0.3 is 5.32 Å². The molecule has 0 saturated carbocycles. The van der Waals surface area contributed by atoms with E-state index in [-0.39, 0.29) is 5.91 Å². The van der Waals surface area contributed by atoms with Crippen molar-refractivity contribution >= 4 is 40.9 Å². The van der Waals surface area contributed by atoms with Gasteiger partial charge in [0.1, 0.15) is 0 Å². The number of rotatable bonds is 6. The van der Waals surface area contributed by atoms with Gasteiger partial charge in [-0.1, -0.05) is 53.5 Å². The predicted octanol–water partition coefficient (Wildman–Crippen LogP) is 4.85. The zero-order valence-electron chi connectivity index (χ0n) is 12.2. The van der Waals surface area contributed by atoms with E-state index in [2.05, 4.69) is 5.32 Å². The van der Waals surface area contributed by atoms with Crippen LogP contribution in [0, 0.1) is 6.92 Å². The van der Waals surface area contributed by atoms with Crippen LogP contribution in [0.5, 0.6) is 0 Å². The molecule has 2 rings (SSSR count). The molecule has 2 aromatic rings. The fraction of sp³-hybridized carbons (Fsp3) is 0.235. The molecule has 1 N–H and O–H groups in total. The van der Waals surface area contributed by atoms with Crippen molar-refractivity contribution in [3.05, 3.63) is 69.2 Å². The van der Waals surface area contributed by atoms with Crippen molar-refractivity contribution in [3.63, 3.8) is 0 Å². The molecule has 1 amide bonds. The molecule has 0 fully saturated rings. The first-order valence-corrected chi connectivity index (χ1v) is 8.80. The van der Waals surface area contributed by atoms with Gasteiger partial charge in [0.05, 0.1) is 15.8 Å². The number of aryl methyl sites for hydroxylation is 1. The number of carbonyl (C=O) groups excluding carboxylic acids is 1. The highest BCUT2D eigenvalue weighted by Gasteiger charge is 2.05. The van der Waals surface area contributed by atoms with Crippen molar-refractivity contribution in [2.75, 3.05) is 5.75 Å². The monoisotopic (exact) mass is 353 g/mol. The molecule has 0 aliphatic heterocycles. The van der Waals surface area contributed by atoms with Crippen LogP contribution in [0.4, 0.5) is 0 Å². The molecule has 0 unspecified atom stereocenters. The van der Waals surface area contributed by atoms with E-state index in [0.717, 1.165) is 16.9 Å². The number of halogens is 2. The van der Waals surface area contributed by atoms with Crippen molar-refractivity contribution in [2.45, 2.75) is 19.2 Å². The van der Waals surface area contributed by atoms with Crippen LogP contribution >= 0.6 is 35.0 Å². The first-order chi connectivity index (χ1) is 10.6. The number of carbonyl (C=O) groups is 1. The van der Waals surface area contributed by atoms with Gasteiger partial charge in [-0.15, -0.1) is 11.8 Å². The highest BCUT2D eigenvalue weighted by molar-refractivity contribution is 7.99. The van der Waals surface area contributed by atoms with E-state index in [0.29, 0.717) is 22.3 Å². The molecule has 0 aromatic heterocycles. The third-order valence-electron chi connectivity index (χ3n) is 3.22. The van der Waals surface area contributed by atoms with Crippen molar-refractivity contribution < 1.29 is 4.79 Å². The quantitative estimate of drug-likeness (QED) is 0.803. The van der Waals surface area contributed by atoms with Crippen LogP contribution in [0.1, 0.15) is 16.7 Å². The zero-order valence-corrected chi connectivity index (χ0v) is 14.6. The smallest absolute Gasteiger partial charge is 0.230 e. The van der Waals surface area contributed by atoms with E-state index < -0.39 is 0 Å². The number of hydrogen-bond donors (Lipinski definition) is 1. The molecule has 0 radical (unpaired) electrons. The predicted molar refractivity (Wildman–Crippen MR) is 95.6 cm³/mol. The van der Waals surface area contributed by atoms with Gasteiger partial charge in [-0.2, -0.15) is 0 Å². The van der Waals surface area contributed by atoms with Gasteiger partial charge in [0, 0.05) is 12.3 Å². The highest BCUT2D eigenvalue weighted by atomic mass is 35.5. The van der Waals surface area contributed by atoms with Gasteiger partial charge in [0.15, 0.2) is 0 Å². The number of hydrogen-bond acceptors (Lipinski definition) is 2. The fourth-order valence-electron chi connectivity index (χ4n) is 1.94. The molecule has 0 heterocycles. The molecule has 0 aliphatic rings. The summed E-state index contributed by atoms with van der Waals surface area (Å²) in [5.41, 5.74) is 3.39. The van der Waals surface area contributed by atoms with Gasteiger partial charge >= 0.3 is 0 Å². The molecular formula is C17H17Cl2NOS. The third-order valence-corrected chi connectivity index (χ3v) is 4.97. The lowest BCUT2D eigenvalue weighted by molar-refractivity contribution is -0.118. The van der Waals surface area contributed by atoms with Crippen molar-refractivity contribution in [1.82, 2.24) is 5.32 Å². The molecule has 0 saturated heterocycles. The van der Waals surface area contributed by atoms with Gasteiger partial charge in [0.2, 0.25) is 5.91 Å². The number of thioether (sulfide) groups is 1. The van der Waals surface area contributed by atoms with Gasteiger partial charge in [0.25, 0.3) is 0 Å². The molecule has 0 atom stereocenters.